The van der Waals surface area contributed by atoms with Crippen molar-refractivity contribution in [1.29, 1.82) is 0 Å². The van der Waals surface area contributed by atoms with Gasteiger partial charge in [-0.25, -0.2) is 0 Å². The fraction of sp³-hybridized carbons (Fsp3) is 0.500. The minimum Gasteiger partial charge on any atom is -0.385 e. The molecule has 18 heavy (non-hydrogen) atoms. The zero-order valence-corrected chi connectivity index (χ0v) is 11.5. The lowest BCUT2D eigenvalue weighted by atomic mass is 10.1. The average molecular weight is 250 g/mol. The zero-order valence-electron chi connectivity index (χ0n) is 11.5. The molecule has 0 saturated carbocycles. The van der Waals surface area contributed by atoms with Crippen molar-refractivity contribution in [2.45, 2.75) is 26.3 Å². The Hall–Kier alpha value is -1.55. The predicted octanol–water partition coefficient (Wildman–Crippen LogP) is 2.19. The molecule has 0 aliphatic rings. The SMILES string of the molecule is CNC(=O)c1cccc(NC(C)CCOC)c1C. The van der Waals surface area contributed by atoms with Gasteiger partial charge in [0.2, 0.25) is 0 Å². The second kappa shape index (κ2) is 7.01. The van der Waals surface area contributed by atoms with Crippen LogP contribution in [0.2, 0.25) is 0 Å². The van der Waals surface area contributed by atoms with Crippen LogP contribution in [0.4, 0.5) is 5.69 Å². The number of nitrogens with one attached hydrogen (secondary N) is 2. The second-order valence-corrected chi connectivity index (χ2v) is 4.38. The summed E-state index contributed by atoms with van der Waals surface area (Å²) in [6.07, 6.45) is 0.931. The Morgan fingerprint density at radius 1 is 1.44 bits per heavy atom. The third kappa shape index (κ3) is 3.74. The van der Waals surface area contributed by atoms with E-state index < -0.39 is 0 Å². The van der Waals surface area contributed by atoms with Crippen LogP contribution in [0.25, 0.3) is 0 Å². The standard InChI is InChI=1S/C14H22N2O2/c1-10(8-9-18-4)16-13-7-5-6-12(11(13)2)14(17)15-3/h5-7,10,16H,8-9H2,1-4H3,(H,15,17). The van der Waals surface area contributed by atoms with E-state index in [1.165, 1.54) is 0 Å². The summed E-state index contributed by atoms with van der Waals surface area (Å²) in [7, 11) is 3.34. The molecule has 0 aromatic heterocycles. The first-order valence-corrected chi connectivity index (χ1v) is 6.17. The first-order valence-electron chi connectivity index (χ1n) is 6.17. The lowest BCUT2D eigenvalue weighted by Gasteiger charge is -2.18. The molecular formula is C14H22N2O2. The molecule has 100 valence electrons. The number of carbonyl (C=O) groups excluding carboxylic acids is 1. The Kier molecular flexibility index (Phi) is 5.65. The van der Waals surface area contributed by atoms with E-state index in [0.29, 0.717) is 11.6 Å². The van der Waals surface area contributed by atoms with Crippen LogP contribution in [0.1, 0.15) is 29.3 Å². The molecule has 4 nitrogen and oxygen atoms in total. The first kappa shape index (κ1) is 14.5. The van der Waals surface area contributed by atoms with Gasteiger partial charge in [0.05, 0.1) is 0 Å². The molecule has 1 aromatic rings. The van der Waals surface area contributed by atoms with Gasteiger partial charge in [-0.05, 0) is 38.0 Å². The van der Waals surface area contributed by atoms with E-state index in [9.17, 15) is 4.79 Å². The van der Waals surface area contributed by atoms with Crippen molar-refractivity contribution in [3.8, 4) is 0 Å². The maximum atomic E-state index is 11.7. The van der Waals surface area contributed by atoms with E-state index in [0.717, 1.165) is 24.3 Å². The summed E-state index contributed by atoms with van der Waals surface area (Å²) in [6, 6.07) is 6.02. The van der Waals surface area contributed by atoms with E-state index in [1.54, 1.807) is 14.2 Å². The molecule has 4 heteroatoms. The zero-order chi connectivity index (χ0) is 13.5. The third-order valence-electron chi connectivity index (χ3n) is 2.96. The fourth-order valence-corrected chi connectivity index (χ4v) is 1.80. The van der Waals surface area contributed by atoms with E-state index in [2.05, 4.69) is 17.6 Å². The fourth-order valence-electron chi connectivity index (χ4n) is 1.80. The van der Waals surface area contributed by atoms with Crippen LogP contribution >= 0.6 is 0 Å². The molecular weight excluding hydrogens is 228 g/mol. The number of hydrogen-bond acceptors (Lipinski definition) is 3. The number of anilines is 1. The number of ether oxygens (including phenoxy) is 1. The predicted molar refractivity (Wildman–Crippen MR) is 74.1 cm³/mol. The van der Waals surface area contributed by atoms with Gasteiger partial charge in [-0.2, -0.15) is 0 Å². The maximum absolute atomic E-state index is 11.7. The summed E-state index contributed by atoms with van der Waals surface area (Å²) < 4.78 is 5.06. The van der Waals surface area contributed by atoms with Crippen molar-refractivity contribution in [3.05, 3.63) is 29.3 Å². The van der Waals surface area contributed by atoms with Gasteiger partial charge in [0.1, 0.15) is 0 Å². The van der Waals surface area contributed by atoms with Crippen LogP contribution in [0.5, 0.6) is 0 Å². The van der Waals surface area contributed by atoms with Crippen molar-refractivity contribution in [3.63, 3.8) is 0 Å². The molecule has 1 atom stereocenters. The van der Waals surface area contributed by atoms with Crippen molar-refractivity contribution >= 4 is 11.6 Å². The number of benzene rings is 1. The largest absolute Gasteiger partial charge is 0.385 e. The molecule has 0 aliphatic heterocycles. The highest BCUT2D eigenvalue weighted by atomic mass is 16.5. The highest BCUT2D eigenvalue weighted by molar-refractivity contribution is 5.96. The molecule has 1 aromatic carbocycles. The molecule has 1 unspecified atom stereocenters. The van der Waals surface area contributed by atoms with Crippen LogP contribution in [0.15, 0.2) is 18.2 Å². The molecule has 0 spiro atoms. The third-order valence-corrected chi connectivity index (χ3v) is 2.96. The Morgan fingerprint density at radius 2 is 2.17 bits per heavy atom. The normalized spacial score (nSPS) is 12.0. The maximum Gasteiger partial charge on any atom is 0.251 e. The van der Waals surface area contributed by atoms with Crippen LogP contribution < -0.4 is 10.6 Å². The first-order chi connectivity index (χ1) is 8.60. The molecule has 0 saturated heterocycles. The van der Waals surface area contributed by atoms with Crippen LogP contribution in [0, 0.1) is 6.92 Å². The van der Waals surface area contributed by atoms with Crippen molar-refractivity contribution in [1.82, 2.24) is 5.32 Å². The Balaban J connectivity index is 2.80. The van der Waals surface area contributed by atoms with E-state index in [-0.39, 0.29) is 5.91 Å². The van der Waals surface area contributed by atoms with Gasteiger partial charge in [-0.15, -0.1) is 0 Å². The van der Waals surface area contributed by atoms with Crippen LogP contribution in [-0.4, -0.2) is 32.7 Å². The summed E-state index contributed by atoms with van der Waals surface area (Å²) in [5.74, 6) is -0.0549. The van der Waals surface area contributed by atoms with Crippen molar-refractivity contribution in [2.24, 2.45) is 0 Å². The van der Waals surface area contributed by atoms with Crippen molar-refractivity contribution in [2.75, 3.05) is 26.1 Å². The summed E-state index contributed by atoms with van der Waals surface area (Å²) in [4.78, 5) is 11.7. The lowest BCUT2D eigenvalue weighted by molar-refractivity contribution is 0.0962. The lowest BCUT2D eigenvalue weighted by Crippen LogP contribution is -2.21. The number of carbonyl (C=O) groups is 1. The summed E-state index contributed by atoms with van der Waals surface area (Å²) in [5.41, 5.74) is 2.68. The molecule has 0 bridgehead atoms. The molecule has 0 aliphatic carbocycles. The summed E-state index contributed by atoms with van der Waals surface area (Å²) in [6.45, 7) is 4.78. The highest BCUT2D eigenvalue weighted by Gasteiger charge is 2.11. The van der Waals surface area contributed by atoms with Gasteiger partial charge in [0.15, 0.2) is 0 Å². The summed E-state index contributed by atoms with van der Waals surface area (Å²) in [5, 5.41) is 6.05. The van der Waals surface area contributed by atoms with Gasteiger partial charge in [-0.1, -0.05) is 6.07 Å². The average Bonchev–Trinajstić information content (AvgIpc) is 2.38. The van der Waals surface area contributed by atoms with Crippen LogP contribution in [0.3, 0.4) is 0 Å². The Morgan fingerprint density at radius 3 is 2.78 bits per heavy atom. The quantitative estimate of drug-likeness (QED) is 0.813. The van der Waals surface area contributed by atoms with E-state index >= 15 is 0 Å². The van der Waals surface area contributed by atoms with Gasteiger partial charge in [0.25, 0.3) is 5.91 Å². The molecule has 0 heterocycles. The van der Waals surface area contributed by atoms with E-state index in [4.69, 9.17) is 4.74 Å². The second-order valence-electron chi connectivity index (χ2n) is 4.38. The minimum atomic E-state index is -0.0549. The molecule has 2 N–H and O–H groups in total. The van der Waals surface area contributed by atoms with E-state index in [1.807, 2.05) is 25.1 Å². The van der Waals surface area contributed by atoms with Gasteiger partial charge >= 0.3 is 0 Å². The van der Waals surface area contributed by atoms with Crippen molar-refractivity contribution < 1.29 is 9.53 Å². The van der Waals surface area contributed by atoms with Gasteiger partial charge < -0.3 is 15.4 Å². The molecule has 1 amide bonds. The number of amides is 1. The molecule has 0 radical (unpaired) electrons. The monoisotopic (exact) mass is 250 g/mol. The topological polar surface area (TPSA) is 50.4 Å². The van der Waals surface area contributed by atoms with Gasteiger partial charge in [-0.3, -0.25) is 4.79 Å². The molecule has 1 rings (SSSR count). The Labute approximate surface area is 109 Å². The highest BCUT2D eigenvalue weighted by Crippen LogP contribution is 2.20. The summed E-state index contributed by atoms with van der Waals surface area (Å²) >= 11 is 0. The smallest absolute Gasteiger partial charge is 0.251 e. The Bertz CT molecular complexity index is 405. The minimum absolute atomic E-state index is 0.0549. The molecule has 0 fully saturated rings. The number of methoxy groups -OCH3 is 1. The van der Waals surface area contributed by atoms with Gasteiger partial charge in [0, 0.05) is 38.1 Å². The number of rotatable bonds is 6. The number of hydrogen-bond donors (Lipinski definition) is 2. The van der Waals surface area contributed by atoms with Crippen LogP contribution in [-0.2, 0) is 4.74 Å².